The minimum atomic E-state index is -0.370. The summed E-state index contributed by atoms with van der Waals surface area (Å²) in [6.07, 6.45) is 1.68. The molecule has 0 aliphatic carbocycles. The molecule has 0 aliphatic heterocycles. The highest BCUT2D eigenvalue weighted by molar-refractivity contribution is 6.30. The van der Waals surface area contributed by atoms with Gasteiger partial charge in [-0.05, 0) is 29.8 Å². The van der Waals surface area contributed by atoms with Crippen molar-refractivity contribution >= 4 is 17.6 Å². The first-order valence-electron chi connectivity index (χ1n) is 4.80. The molecule has 3 nitrogen and oxygen atoms in total. The van der Waals surface area contributed by atoms with Crippen LogP contribution in [0.3, 0.4) is 0 Å². The van der Waals surface area contributed by atoms with Gasteiger partial charge in [0.25, 0.3) is 0 Å². The zero-order valence-electron chi connectivity index (χ0n) is 8.44. The van der Waals surface area contributed by atoms with Crippen LogP contribution >= 0.6 is 11.6 Å². The normalized spacial score (nSPS) is 10.1. The van der Waals surface area contributed by atoms with E-state index in [1.165, 1.54) is 0 Å². The minimum absolute atomic E-state index is 0.221. The van der Waals surface area contributed by atoms with Gasteiger partial charge in [0.05, 0.1) is 0 Å². The number of rotatable bonds is 3. The molecule has 1 heterocycles. The van der Waals surface area contributed by atoms with E-state index in [0.29, 0.717) is 10.7 Å². The van der Waals surface area contributed by atoms with Gasteiger partial charge in [-0.2, -0.15) is 0 Å². The van der Waals surface area contributed by atoms with Crippen LogP contribution in [0.1, 0.15) is 16.1 Å². The average molecular weight is 236 g/mol. The second kappa shape index (κ2) is 4.86. The Hall–Kier alpha value is -1.74. The first-order chi connectivity index (χ1) is 7.75. The lowest BCUT2D eigenvalue weighted by atomic mass is 10.2. The Balaban J connectivity index is 1.95. The number of esters is 1. The van der Waals surface area contributed by atoms with Gasteiger partial charge >= 0.3 is 5.97 Å². The predicted octanol–water partition coefficient (Wildman–Crippen LogP) is 3.03. The van der Waals surface area contributed by atoms with Crippen LogP contribution in [-0.4, -0.2) is 11.0 Å². The van der Waals surface area contributed by atoms with Crippen LogP contribution in [0, 0.1) is 0 Å². The number of ether oxygens (including phenoxy) is 1. The van der Waals surface area contributed by atoms with Gasteiger partial charge in [-0.15, -0.1) is 0 Å². The summed E-state index contributed by atoms with van der Waals surface area (Å²) in [5, 5.41) is 0.633. The molecular weight excluding hydrogens is 226 g/mol. The predicted molar refractivity (Wildman–Crippen MR) is 61.4 cm³/mol. The number of carbonyl (C=O) groups is 1. The fraction of sp³-hybridized carbons (Fsp3) is 0.0833. The molecular formula is C12H10ClNO2. The number of nitrogens with one attached hydrogen (secondary N) is 1. The van der Waals surface area contributed by atoms with Crippen molar-refractivity contribution < 1.29 is 9.53 Å². The van der Waals surface area contributed by atoms with Gasteiger partial charge < -0.3 is 9.72 Å². The molecule has 0 saturated heterocycles. The molecule has 0 amide bonds. The molecule has 0 saturated carbocycles. The lowest BCUT2D eigenvalue weighted by Crippen LogP contribution is -2.05. The lowest BCUT2D eigenvalue weighted by molar-refractivity contribution is 0.0466. The van der Waals surface area contributed by atoms with E-state index in [9.17, 15) is 4.79 Å². The van der Waals surface area contributed by atoms with Crippen LogP contribution in [0.25, 0.3) is 0 Å². The van der Waals surface area contributed by atoms with Gasteiger partial charge in [0.15, 0.2) is 0 Å². The third-order valence-corrected chi connectivity index (χ3v) is 2.31. The van der Waals surface area contributed by atoms with Crippen molar-refractivity contribution in [3.63, 3.8) is 0 Å². The van der Waals surface area contributed by atoms with Crippen LogP contribution in [0.2, 0.25) is 5.02 Å². The van der Waals surface area contributed by atoms with Crippen LogP contribution in [0.15, 0.2) is 42.6 Å². The van der Waals surface area contributed by atoms with E-state index in [0.717, 1.165) is 5.56 Å². The molecule has 1 aromatic carbocycles. The molecule has 0 unspecified atom stereocenters. The number of halogens is 1. The van der Waals surface area contributed by atoms with E-state index in [1.54, 1.807) is 30.5 Å². The molecule has 1 N–H and O–H groups in total. The summed E-state index contributed by atoms with van der Waals surface area (Å²) >= 11 is 5.81. The lowest BCUT2D eigenvalue weighted by Gasteiger charge is -2.03. The molecule has 0 atom stereocenters. The van der Waals surface area contributed by atoms with Gasteiger partial charge in [0.2, 0.25) is 0 Å². The maximum absolute atomic E-state index is 11.5. The fourth-order valence-electron chi connectivity index (χ4n) is 1.31. The van der Waals surface area contributed by atoms with Crippen LogP contribution in [0.4, 0.5) is 0 Å². The van der Waals surface area contributed by atoms with E-state index in [1.807, 2.05) is 12.1 Å². The van der Waals surface area contributed by atoms with Crippen molar-refractivity contribution in [1.29, 1.82) is 0 Å². The maximum Gasteiger partial charge on any atom is 0.355 e. The monoisotopic (exact) mass is 235 g/mol. The van der Waals surface area contributed by atoms with Crippen molar-refractivity contribution in [1.82, 2.24) is 4.98 Å². The molecule has 0 spiro atoms. The Morgan fingerprint density at radius 2 is 2.19 bits per heavy atom. The van der Waals surface area contributed by atoms with Crippen LogP contribution in [-0.2, 0) is 11.3 Å². The van der Waals surface area contributed by atoms with Crippen molar-refractivity contribution in [2.75, 3.05) is 0 Å². The second-order valence-electron chi connectivity index (χ2n) is 3.29. The van der Waals surface area contributed by atoms with Gasteiger partial charge in [-0.25, -0.2) is 4.79 Å². The quantitative estimate of drug-likeness (QED) is 0.831. The van der Waals surface area contributed by atoms with Crippen molar-refractivity contribution in [2.45, 2.75) is 6.61 Å². The molecule has 82 valence electrons. The van der Waals surface area contributed by atoms with Gasteiger partial charge in [-0.3, -0.25) is 0 Å². The van der Waals surface area contributed by atoms with Gasteiger partial charge in [0.1, 0.15) is 12.3 Å². The minimum Gasteiger partial charge on any atom is -0.456 e. The summed E-state index contributed by atoms with van der Waals surface area (Å²) in [5.74, 6) is -0.370. The van der Waals surface area contributed by atoms with Crippen molar-refractivity contribution in [2.24, 2.45) is 0 Å². The molecule has 0 radical (unpaired) electrons. The molecule has 2 aromatic rings. The highest BCUT2D eigenvalue weighted by Crippen LogP contribution is 2.12. The highest BCUT2D eigenvalue weighted by Gasteiger charge is 2.07. The number of benzene rings is 1. The van der Waals surface area contributed by atoms with Crippen molar-refractivity contribution in [3.8, 4) is 0 Å². The highest BCUT2D eigenvalue weighted by atomic mass is 35.5. The third kappa shape index (κ3) is 2.64. The van der Waals surface area contributed by atoms with Crippen LogP contribution in [0.5, 0.6) is 0 Å². The smallest absolute Gasteiger partial charge is 0.355 e. The Bertz CT molecular complexity index is 480. The summed E-state index contributed by atoms with van der Waals surface area (Å²) in [6.45, 7) is 0.221. The Labute approximate surface area is 98.0 Å². The molecule has 0 aliphatic rings. The second-order valence-corrected chi connectivity index (χ2v) is 3.73. The fourth-order valence-corrected chi connectivity index (χ4v) is 1.52. The molecule has 4 heteroatoms. The molecule has 0 fully saturated rings. The van der Waals surface area contributed by atoms with E-state index in [2.05, 4.69) is 4.98 Å². The van der Waals surface area contributed by atoms with E-state index in [4.69, 9.17) is 16.3 Å². The number of aromatic amines is 1. The largest absolute Gasteiger partial charge is 0.456 e. The Kier molecular flexibility index (Phi) is 3.27. The van der Waals surface area contributed by atoms with Gasteiger partial charge in [-0.1, -0.05) is 23.7 Å². The summed E-state index contributed by atoms with van der Waals surface area (Å²) < 4.78 is 5.10. The topological polar surface area (TPSA) is 42.1 Å². The summed E-state index contributed by atoms with van der Waals surface area (Å²) in [4.78, 5) is 14.3. The summed E-state index contributed by atoms with van der Waals surface area (Å²) in [6, 6.07) is 10.6. The zero-order valence-corrected chi connectivity index (χ0v) is 9.20. The van der Waals surface area contributed by atoms with E-state index in [-0.39, 0.29) is 12.6 Å². The Morgan fingerprint density at radius 3 is 2.88 bits per heavy atom. The molecule has 1 aromatic heterocycles. The zero-order chi connectivity index (χ0) is 11.4. The van der Waals surface area contributed by atoms with Crippen LogP contribution < -0.4 is 0 Å². The molecule has 0 bridgehead atoms. The maximum atomic E-state index is 11.5. The number of hydrogen-bond acceptors (Lipinski definition) is 2. The summed E-state index contributed by atoms with van der Waals surface area (Å²) in [5.41, 5.74) is 1.31. The molecule has 2 rings (SSSR count). The number of H-pyrrole nitrogens is 1. The number of hydrogen-bond donors (Lipinski definition) is 1. The number of aromatic nitrogens is 1. The van der Waals surface area contributed by atoms with E-state index < -0.39 is 0 Å². The first-order valence-corrected chi connectivity index (χ1v) is 5.18. The third-order valence-electron chi connectivity index (χ3n) is 2.08. The SMILES string of the molecule is O=C(OCc1cccc(Cl)c1)c1ccc[nH]1. The summed E-state index contributed by atoms with van der Waals surface area (Å²) in [7, 11) is 0. The van der Waals surface area contributed by atoms with Crippen molar-refractivity contribution in [3.05, 3.63) is 58.9 Å². The van der Waals surface area contributed by atoms with Gasteiger partial charge in [0, 0.05) is 11.2 Å². The number of carbonyl (C=O) groups excluding carboxylic acids is 1. The standard InChI is InChI=1S/C12H10ClNO2/c13-10-4-1-3-9(7-10)8-16-12(15)11-5-2-6-14-11/h1-7,14H,8H2. The molecule has 16 heavy (non-hydrogen) atoms. The average Bonchev–Trinajstić information content (AvgIpc) is 2.79. The van der Waals surface area contributed by atoms with E-state index >= 15 is 0 Å². The Morgan fingerprint density at radius 1 is 1.31 bits per heavy atom. The first kappa shape index (κ1) is 10.8.